The van der Waals surface area contributed by atoms with Crippen LogP contribution >= 0.6 is 0 Å². The average Bonchev–Trinajstić information content (AvgIpc) is 2.57. The molecule has 0 amide bonds. The topological polar surface area (TPSA) is 48.7 Å². The minimum Gasteiger partial charge on any atom is -0.354 e. The summed E-state index contributed by atoms with van der Waals surface area (Å²) in [6, 6.07) is 23.9. The third-order valence-electron chi connectivity index (χ3n) is 3.17. The molecule has 0 bridgehead atoms. The maximum Gasteiger partial charge on any atom is 0.140 e. The molecule has 0 aliphatic rings. The van der Waals surface area contributed by atoms with E-state index in [9.17, 15) is 0 Å². The smallest absolute Gasteiger partial charge is 0.140 e. The summed E-state index contributed by atoms with van der Waals surface area (Å²) in [6.45, 7) is 0. The highest BCUT2D eigenvalue weighted by Crippen LogP contribution is 2.29. The lowest BCUT2D eigenvalue weighted by atomic mass is 10.0. The van der Waals surface area contributed by atoms with Crippen LogP contribution < -0.4 is 5.32 Å². The van der Waals surface area contributed by atoms with Crippen molar-refractivity contribution < 1.29 is 0 Å². The van der Waals surface area contributed by atoms with Crippen LogP contribution in [0.1, 0.15) is 5.69 Å². The highest BCUT2D eigenvalue weighted by molar-refractivity contribution is 5.80. The number of nitrogens with one attached hydrogen (secondary N) is 1. The lowest BCUT2D eigenvalue weighted by molar-refractivity contribution is 1.26. The van der Waals surface area contributed by atoms with Crippen molar-refractivity contribution in [3.05, 3.63) is 78.6 Å². The molecule has 3 heteroatoms. The van der Waals surface area contributed by atoms with Crippen molar-refractivity contribution in [1.82, 2.24) is 4.98 Å². The average molecular weight is 271 g/mol. The van der Waals surface area contributed by atoms with Crippen LogP contribution in [0.25, 0.3) is 11.1 Å². The number of hydrogen-bond acceptors (Lipinski definition) is 3. The second-order valence-electron chi connectivity index (χ2n) is 4.58. The lowest BCUT2D eigenvalue weighted by Gasteiger charge is -2.12. The third kappa shape index (κ3) is 2.90. The van der Waals surface area contributed by atoms with E-state index in [1.807, 2.05) is 48.5 Å². The van der Waals surface area contributed by atoms with E-state index in [1.165, 1.54) is 0 Å². The Bertz CT molecular complexity index is 772. The number of benzene rings is 2. The fourth-order valence-electron chi connectivity index (χ4n) is 2.15. The van der Waals surface area contributed by atoms with E-state index < -0.39 is 0 Å². The van der Waals surface area contributed by atoms with E-state index >= 15 is 0 Å². The van der Waals surface area contributed by atoms with Gasteiger partial charge in [0.25, 0.3) is 0 Å². The second-order valence-corrected chi connectivity index (χ2v) is 4.58. The minimum absolute atomic E-state index is 0.414. The molecule has 1 N–H and O–H groups in total. The van der Waals surface area contributed by atoms with Crippen molar-refractivity contribution in [3.8, 4) is 17.2 Å². The molecule has 1 aromatic heterocycles. The van der Waals surface area contributed by atoms with Crippen molar-refractivity contribution in [1.29, 1.82) is 5.26 Å². The number of pyridine rings is 1. The number of nitriles is 1. The van der Waals surface area contributed by atoms with Crippen molar-refractivity contribution in [2.75, 3.05) is 5.32 Å². The van der Waals surface area contributed by atoms with E-state index in [2.05, 4.69) is 28.5 Å². The highest BCUT2D eigenvalue weighted by atomic mass is 14.9. The molecule has 3 rings (SSSR count). The summed E-state index contributed by atoms with van der Waals surface area (Å²) in [7, 11) is 0. The Kier molecular flexibility index (Phi) is 3.62. The molecule has 0 aliphatic carbocycles. The maximum absolute atomic E-state index is 8.78. The van der Waals surface area contributed by atoms with E-state index in [0.717, 1.165) is 22.5 Å². The first-order valence-corrected chi connectivity index (χ1v) is 6.64. The SMILES string of the molecule is N#Cc1ccc(Nc2ccccc2-c2ccccc2)cn1. The fraction of sp³-hybridized carbons (Fsp3) is 0. The summed E-state index contributed by atoms with van der Waals surface area (Å²) in [4.78, 5) is 4.07. The summed E-state index contributed by atoms with van der Waals surface area (Å²) >= 11 is 0. The molecule has 0 atom stereocenters. The van der Waals surface area contributed by atoms with E-state index in [0.29, 0.717) is 5.69 Å². The molecule has 3 aromatic rings. The summed E-state index contributed by atoms with van der Waals surface area (Å²) in [5.41, 5.74) is 4.56. The summed E-state index contributed by atoms with van der Waals surface area (Å²) < 4.78 is 0. The van der Waals surface area contributed by atoms with Gasteiger partial charge in [0, 0.05) is 11.3 Å². The minimum atomic E-state index is 0.414. The van der Waals surface area contributed by atoms with E-state index in [1.54, 1.807) is 12.3 Å². The fourth-order valence-corrected chi connectivity index (χ4v) is 2.15. The Morgan fingerprint density at radius 1 is 0.857 bits per heavy atom. The molecule has 2 aromatic carbocycles. The summed E-state index contributed by atoms with van der Waals surface area (Å²) in [5, 5.41) is 12.1. The molecule has 0 saturated heterocycles. The van der Waals surface area contributed by atoms with E-state index in [4.69, 9.17) is 5.26 Å². The van der Waals surface area contributed by atoms with Gasteiger partial charge in [0.05, 0.1) is 11.9 Å². The molecule has 0 unspecified atom stereocenters. The quantitative estimate of drug-likeness (QED) is 0.769. The second kappa shape index (κ2) is 5.89. The Balaban J connectivity index is 1.94. The Morgan fingerprint density at radius 3 is 2.33 bits per heavy atom. The molecule has 0 aliphatic heterocycles. The standard InChI is InChI=1S/C18H13N3/c19-12-15-10-11-16(13-20-15)21-18-9-5-4-8-17(18)14-6-2-1-3-7-14/h1-11,13,21H. The Morgan fingerprint density at radius 2 is 1.62 bits per heavy atom. The van der Waals surface area contributed by atoms with Crippen LogP contribution in [0, 0.1) is 11.3 Å². The number of anilines is 2. The summed E-state index contributed by atoms with van der Waals surface area (Å²) in [6.07, 6.45) is 1.67. The number of rotatable bonds is 3. The Hall–Kier alpha value is -3.12. The van der Waals surface area contributed by atoms with Crippen LogP contribution in [0.3, 0.4) is 0 Å². The molecule has 1 heterocycles. The van der Waals surface area contributed by atoms with Gasteiger partial charge >= 0.3 is 0 Å². The number of nitrogens with zero attached hydrogens (tertiary/aromatic N) is 2. The van der Waals surface area contributed by atoms with Gasteiger partial charge in [-0.05, 0) is 23.8 Å². The molecule has 0 spiro atoms. The predicted octanol–water partition coefficient (Wildman–Crippen LogP) is 4.36. The first-order chi connectivity index (χ1) is 10.4. The van der Waals surface area contributed by atoms with Crippen LogP contribution in [0.2, 0.25) is 0 Å². The largest absolute Gasteiger partial charge is 0.354 e. The highest BCUT2D eigenvalue weighted by Gasteiger charge is 2.04. The molecule has 3 nitrogen and oxygen atoms in total. The van der Waals surface area contributed by atoms with Gasteiger partial charge in [0.15, 0.2) is 0 Å². The van der Waals surface area contributed by atoms with Crippen LogP contribution in [0.4, 0.5) is 11.4 Å². The maximum atomic E-state index is 8.78. The first kappa shape index (κ1) is 12.9. The number of para-hydroxylation sites is 1. The molecular formula is C18H13N3. The van der Waals surface area contributed by atoms with Crippen molar-refractivity contribution in [3.63, 3.8) is 0 Å². The zero-order chi connectivity index (χ0) is 14.5. The molecule has 0 fully saturated rings. The van der Waals surface area contributed by atoms with Gasteiger partial charge in [0.2, 0.25) is 0 Å². The van der Waals surface area contributed by atoms with Crippen LogP contribution in [-0.4, -0.2) is 4.98 Å². The van der Waals surface area contributed by atoms with Crippen LogP contribution in [0.15, 0.2) is 72.9 Å². The van der Waals surface area contributed by atoms with Gasteiger partial charge in [0.1, 0.15) is 11.8 Å². The monoisotopic (exact) mass is 271 g/mol. The third-order valence-corrected chi connectivity index (χ3v) is 3.17. The van der Waals surface area contributed by atoms with Crippen LogP contribution in [0.5, 0.6) is 0 Å². The van der Waals surface area contributed by atoms with Gasteiger partial charge in [-0.1, -0.05) is 48.5 Å². The lowest BCUT2D eigenvalue weighted by Crippen LogP contribution is -1.94. The van der Waals surface area contributed by atoms with Crippen molar-refractivity contribution >= 4 is 11.4 Å². The number of aromatic nitrogens is 1. The molecular weight excluding hydrogens is 258 g/mol. The van der Waals surface area contributed by atoms with Gasteiger partial charge in [-0.2, -0.15) is 5.26 Å². The molecule has 0 radical (unpaired) electrons. The predicted molar refractivity (Wildman–Crippen MR) is 84.1 cm³/mol. The molecule has 0 saturated carbocycles. The first-order valence-electron chi connectivity index (χ1n) is 6.64. The van der Waals surface area contributed by atoms with Gasteiger partial charge < -0.3 is 5.32 Å². The summed E-state index contributed by atoms with van der Waals surface area (Å²) in [5.74, 6) is 0. The molecule has 100 valence electrons. The van der Waals surface area contributed by atoms with Crippen molar-refractivity contribution in [2.45, 2.75) is 0 Å². The zero-order valence-corrected chi connectivity index (χ0v) is 11.3. The van der Waals surface area contributed by atoms with Crippen LogP contribution in [-0.2, 0) is 0 Å². The van der Waals surface area contributed by atoms with Gasteiger partial charge in [-0.3, -0.25) is 0 Å². The van der Waals surface area contributed by atoms with Crippen molar-refractivity contribution in [2.24, 2.45) is 0 Å². The van der Waals surface area contributed by atoms with E-state index in [-0.39, 0.29) is 0 Å². The van der Waals surface area contributed by atoms with Gasteiger partial charge in [-0.15, -0.1) is 0 Å². The Labute approximate surface area is 123 Å². The zero-order valence-electron chi connectivity index (χ0n) is 11.3. The number of hydrogen-bond donors (Lipinski definition) is 1. The molecule has 21 heavy (non-hydrogen) atoms. The van der Waals surface area contributed by atoms with Gasteiger partial charge in [-0.25, -0.2) is 4.98 Å². The normalized spacial score (nSPS) is 9.86.